The Kier molecular flexibility index (Phi) is 8.80. The van der Waals surface area contributed by atoms with E-state index in [0.29, 0.717) is 31.4 Å². The minimum atomic E-state index is 0.0748. The third-order valence-corrected chi connectivity index (χ3v) is 5.06. The molecule has 150 valence electrons. The summed E-state index contributed by atoms with van der Waals surface area (Å²) in [5.74, 6) is 1.84. The summed E-state index contributed by atoms with van der Waals surface area (Å²) in [7, 11) is 1.67. The van der Waals surface area contributed by atoms with Crippen molar-refractivity contribution in [2.24, 2.45) is 5.92 Å². The highest BCUT2D eigenvalue weighted by Crippen LogP contribution is 2.24. The number of carbonyl (C=O) groups is 1. The van der Waals surface area contributed by atoms with Crippen molar-refractivity contribution in [2.45, 2.75) is 45.3 Å². The molecular formula is C18H30N6O2S. The lowest BCUT2D eigenvalue weighted by molar-refractivity contribution is -0.125. The topological polar surface area (TPSA) is 94.0 Å². The molecule has 8 nitrogen and oxygen atoms in total. The number of rotatable bonds is 12. The highest BCUT2D eigenvalue weighted by molar-refractivity contribution is 7.99. The van der Waals surface area contributed by atoms with E-state index in [9.17, 15) is 4.79 Å². The van der Waals surface area contributed by atoms with Gasteiger partial charge in [-0.15, -0.1) is 0 Å². The number of hydrogen-bond donors (Lipinski definition) is 2. The van der Waals surface area contributed by atoms with E-state index >= 15 is 0 Å². The minimum absolute atomic E-state index is 0.0748. The van der Waals surface area contributed by atoms with Crippen LogP contribution < -0.4 is 10.6 Å². The zero-order valence-corrected chi connectivity index (χ0v) is 17.4. The molecule has 2 N–H and O–H groups in total. The molecule has 0 saturated heterocycles. The summed E-state index contributed by atoms with van der Waals surface area (Å²) in [4.78, 5) is 21.4. The summed E-state index contributed by atoms with van der Waals surface area (Å²) in [6.45, 7) is 8.50. The molecule has 1 amide bonds. The van der Waals surface area contributed by atoms with Crippen LogP contribution in [0.4, 0.5) is 5.82 Å². The van der Waals surface area contributed by atoms with E-state index in [0.717, 1.165) is 35.4 Å². The average molecular weight is 395 g/mol. The molecule has 0 aromatic carbocycles. The number of fused-ring (bicyclic) bond motifs is 1. The van der Waals surface area contributed by atoms with Crippen molar-refractivity contribution in [1.82, 2.24) is 25.1 Å². The van der Waals surface area contributed by atoms with Crippen molar-refractivity contribution >= 4 is 34.5 Å². The fraction of sp³-hybridized carbons (Fsp3) is 0.667. The summed E-state index contributed by atoms with van der Waals surface area (Å²) >= 11 is 1.59. The largest absolute Gasteiger partial charge is 0.383 e. The van der Waals surface area contributed by atoms with Crippen LogP contribution in [0.3, 0.4) is 0 Å². The van der Waals surface area contributed by atoms with Crippen LogP contribution in [0.25, 0.3) is 11.0 Å². The molecule has 0 atom stereocenters. The number of anilines is 1. The Morgan fingerprint density at radius 1 is 1.26 bits per heavy atom. The van der Waals surface area contributed by atoms with E-state index in [4.69, 9.17) is 4.74 Å². The van der Waals surface area contributed by atoms with Crippen LogP contribution in [0.1, 0.15) is 33.6 Å². The molecule has 0 saturated carbocycles. The first-order chi connectivity index (χ1) is 13.1. The van der Waals surface area contributed by atoms with Gasteiger partial charge in [0.05, 0.1) is 24.7 Å². The molecule has 2 rings (SSSR count). The number of amides is 1. The second-order valence-corrected chi connectivity index (χ2v) is 7.35. The lowest BCUT2D eigenvalue weighted by atomic mass is 10.0. The molecule has 0 spiro atoms. The zero-order chi connectivity index (χ0) is 19.6. The molecule has 9 heteroatoms. The predicted molar refractivity (Wildman–Crippen MR) is 109 cm³/mol. The van der Waals surface area contributed by atoms with Crippen molar-refractivity contribution < 1.29 is 9.53 Å². The highest BCUT2D eigenvalue weighted by Gasteiger charge is 2.15. The van der Waals surface area contributed by atoms with Crippen LogP contribution in [0.2, 0.25) is 0 Å². The Morgan fingerprint density at radius 2 is 2.04 bits per heavy atom. The first-order valence-electron chi connectivity index (χ1n) is 9.51. The number of carbonyl (C=O) groups excluding carboxylic acids is 1. The molecule has 27 heavy (non-hydrogen) atoms. The number of hydrogen-bond acceptors (Lipinski definition) is 7. The van der Waals surface area contributed by atoms with Gasteiger partial charge >= 0.3 is 0 Å². The van der Waals surface area contributed by atoms with Gasteiger partial charge in [-0.3, -0.25) is 4.79 Å². The maximum Gasteiger partial charge on any atom is 0.223 e. The number of methoxy groups -OCH3 is 1. The van der Waals surface area contributed by atoms with Crippen molar-refractivity contribution in [1.29, 1.82) is 0 Å². The van der Waals surface area contributed by atoms with Crippen molar-refractivity contribution in [2.75, 3.05) is 37.9 Å². The summed E-state index contributed by atoms with van der Waals surface area (Å²) in [5, 5.41) is 12.3. The Hall–Kier alpha value is -1.87. The number of ether oxygens (including phenoxy) is 1. The third kappa shape index (κ3) is 5.80. The number of aromatic nitrogens is 4. The SMILES string of the molecule is CCSc1nc(NCCOC)c2cnn(CCNC(=O)C(CC)CC)c2n1. The van der Waals surface area contributed by atoms with E-state index in [1.165, 1.54) is 0 Å². The molecule has 0 radical (unpaired) electrons. The van der Waals surface area contributed by atoms with Crippen molar-refractivity contribution in [3.63, 3.8) is 0 Å². The van der Waals surface area contributed by atoms with Crippen LogP contribution >= 0.6 is 11.8 Å². The summed E-state index contributed by atoms with van der Waals surface area (Å²) in [6, 6.07) is 0. The molecule has 2 heterocycles. The van der Waals surface area contributed by atoms with Gasteiger partial charge in [-0.2, -0.15) is 5.10 Å². The fourth-order valence-corrected chi connectivity index (χ4v) is 3.35. The first kappa shape index (κ1) is 21.4. The van der Waals surface area contributed by atoms with Crippen LogP contribution in [0, 0.1) is 5.92 Å². The van der Waals surface area contributed by atoms with Gasteiger partial charge in [0.25, 0.3) is 0 Å². The van der Waals surface area contributed by atoms with Gasteiger partial charge in [0, 0.05) is 26.1 Å². The van der Waals surface area contributed by atoms with Crippen molar-refractivity contribution in [3.8, 4) is 0 Å². The maximum atomic E-state index is 12.1. The first-order valence-corrected chi connectivity index (χ1v) is 10.5. The van der Waals surface area contributed by atoms with Gasteiger partial charge in [0.15, 0.2) is 10.8 Å². The molecular weight excluding hydrogens is 364 g/mol. The van der Waals surface area contributed by atoms with Crippen LogP contribution in [0.5, 0.6) is 0 Å². The van der Waals surface area contributed by atoms with Gasteiger partial charge in [-0.1, -0.05) is 32.5 Å². The van der Waals surface area contributed by atoms with Crippen LogP contribution in [-0.4, -0.2) is 58.2 Å². The predicted octanol–water partition coefficient (Wildman–Crippen LogP) is 2.55. The molecule has 0 aliphatic carbocycles. The summed E-state index contributed by atoms with van der Waals surface area (Å²) < 4.78 is 6.92. The molecule has 2 aromatic rings. The van der Waals surface area contributed by atoms with E-state index in [1.54, 1.807) is 25.1 Å². The van der Waals surface area contributed by atoms with Crippen LogP contribution in [0.15, 0.2) is 11.4 Å². The van der Waals surface area contributed by atoms with Crippen LogP contribution in [-0.2, 0) is 16.1 Å². The van der Waals surface area contributed by atoms with E-state index in [-0.39, 0.29) is 11.8 Å². The molecule has 0 fully saturated rings. The fourth-order valence-electron chi connectivity index (χ4n) is 2.79. The molecule has 0 bridgehead atoms. The van der Waals surface area contributed by atoms with Crippen molar-refractivity contribution in [3.05, 3.63) is 6.20 Å². The number of nitrogens with zero attached hydrogens (tertiary/aromatic N) is 4. The minimum Gasteiger partial charge on any atom is -0.383 e. The lowest BCUT2D eigenvalue weighted by Gasteiger charge is -2.13. The van der Waals surface area contributed by atoms with Gasteiger partial charge in [-0.25, -0.2) is 14.6 Å². The smallest absolute Gasteiger partial charge is 0.223 e. The second-order valence-electron chi connectivity index (χ2n) is 6.12. The lowest BCUT2D eigenvalue weighted by Crippen LogP contribution is -2.32. The standard InChI is InChI=1S/C18H30N6O2S/c1-5-13(6-2)17(25)20-8-10-24-16-14(12-21-24)15(19-9-11-26-4)22-18(23-16)27-7-3/h12-13H,5-11H2,1-4H3,(H,20,25)(H,19,22,23). The van der Waals surface area contributed by atoms with E-state index in [1.807, 2.05) is 18.5 Å². The molecule has 0 aliphatic rings. The quantitative estimate of drug-likeness (QED) is 0.324. The molecule has 2 aromatic heterocycles. The van der Waals surface area contributed by atoms with Gasteiger partial charge < -0.3 is 15.4 Å². The van der Waals surface area contributed by atoms with E-state index in [2.05, 4.69) is 32.6 Å². The summed E-state index contributed by atoms with van der Waals surface area (Å²) in [6.07, 6.45) is 3.48. The Morgan fingerprint density at radius 3 is 2.70 bits per heavy atom. The normalized spacial score (nSPS) is 11.3. The highest BCUT2D eigenvalue weighted by atomic mass is 32.2. The third-order valence-electron chi connectivity index (χ3n) is 4.33. The van der Waals surface area contributed by atoms with Gasteiger partial charge in [-0.05, 0) is 18.6 Å². The van der Waals surface area contributed by atoms with Gasteiger partial charge in [0.1, 0.15) is 5.82 Å². The Labute approximate surface area is 164 Å². The van der Waals surface area contributed by atoms with E-state index < -0.39 is 0 Å². The summed E-state index contributed by atoms with van der Waals surface area (Å²) in [5.41, 5.74) is 0.776. The van der Waals surface area contributed by atoms with Gasteiger partial charge in [0.2, 0.25) is 5.91 Å². The average Bonchev–Trinajstić information content (AvgIpc) is 3.06. The molecule has 0 unspecified atom stereocenters. The zero-order valence-electron chi connectivity index (χ0n) is 16.6. The maximum absolute atomic E-state index is 12.1. The number of nitrogens with one attached hydrogen (secondary N) is 2. The second kappa shape index (κ2) is 11.1. The number of thioether (sulfide) groups is 1. The monoisotopic (exact) mass is 394 g/mol. The Balaban J connectivity index is 2.13. The molecule has 0 aliphatic heterocycles. The Bertz CT molecular complexity index is 732.